The predicted molar refractivity (Wildman–Crippen MR) is 139 cm³/mol. The molecule has 1 atom stereocenters. The maximum atomic E-state index is 9.08. The molecule has 0 rings (SSSR count). The largest absolute Gasteiger partial charge is 1.00 e. The number of nitrogens with zero attached hydrogens (tertiary/aromatic N) is 2. The van der Waals surface area contributed by atoms with Crippen LogP contribution in [0.1, 0.15) is 52.4 Å². The summed E-state index contributed by atoms with van der Waals surface area (Å²) in [7, 11) is 0. The molecule has 0 heterocycles. The van der Waals surface area contributed by atoms with Gasteiger partial charge in [0.05, 0.1) is 5.70 Å². The fraction of sp³-hybridized carbons (Fsp3) is 0.593. The fourth-order valence-corrected chi connectivity index (χ4v) is 3.69. The molecule has 0 fully saturated rings. The quantitative estimate of drug-likeness (QED) is 0.0320. The number of rotatable bonds is 23. The molecule has 9 heteroatoms. The molecule has 1 radical (unpaired) electrons. The molecule has 0 amide bonds. The van der Waals surface area contributed by atoms with E-state index in [0.717, 1.165) is 76.9 Å². The topological polar surface area (TPSA) is 64.8 Å². The monoisotopic (exact) mass is 802 g/mol. The van der Waals surface area contributed by atoms with Crippen LogP contribution in [-0.2, 0) is 19.5 Å². The smallest absolute Gasteiger partial charge is 0.565 e. The van der Waals surface area contributed by atoms with Gasteiger partial charge >= 0.3 is 175 Å². The summed E-state index contributed by atoms with van der Waals surface area (Å²) < 4.78 is 0. The molecule has 0 aliphatic rings. The van der Waals surface area contributed by atoms with Crippen molar-refractivity contribution in [1.29, 1.82) is 0 Å². The van der Waals surface area contributed by atoms with Crippen molar-refractivity contribution < 1.29 is 199 Å². The second kappa shape index (κ2) is 37.6. The van der Waals surface area contributed by atoms with Crippen LogP contribution in [0.25, 0.3) is 0 Å². The minimum absolute atomic E-state index is 0. The predicted octanol–water partition coefficient (Wildman–Crippen LogP) is -4.54. The summed E-state index contributed by atoms with van der Waals surface area (Å²) in [6.07, 6.45) is 14.7. The Balaban J connectivity index is -0.000000801. The third kappa shape index (κ3) is 28.7. The average Bonchev–Trinajstić information content (AvgIpc) is 2.79. The van der Waals surface area contributed by atoms with Crippen LogP contribution in [0.4, 0.5) is 0 Å². The minimum Gasteiger partial charge on any atom is -0.565 e. The van der Waals surface area contributed by atoms with Crippen molar-refractivity contribution in [2.75, 3.05) is 45.8 Å². The van der Waals surface area contributed by atoms with E-state index in [-0.39, 0.29) is 200 Å². The molecule has 5 nitrogen and oxygen atoms in total. The summed E-state index contributed by atoms with van der Waals surface area (Å²) >= 11 is 0. The first kappa shape index (κ1) is 50.2. The molecule has 0 spiro atoms. The molecule has 1 unspecified atom stereocenters. The van der Waals surface area contributed by atoms with Crippen LogP contribution in [0.2, 0.25) is 0 Å². The number of unbranched alkanes of at least 4 members (excludes halogenated alkanes) is 2. The maximum absolute atomic E-state index is 9.08. The summed E-state index contributed by atoms with van der Waals surface area (Å²) in [5.41, 5.74) is 10.8. The van der Waals surface area contributed by atoms with E-state index in [9.17, 15) is 0 Å². The zero-order valence-electron chi connectivity index (χ0n) is 24.0. The Labute approximate surface area is 383 Å². The van der Waals surface area contributed by atoms with Gasteiger partial charge in [-0.05, 0) is 51.6 Å². The van der Waals surface area contributed by atoms with Crippen LogP contribution in [-0.4, -0.2) is 66.8 Å². The molecule has 0 saturated heterocycles. The van der Waals surface area contributed by atoms with E-state index in [2.05, 4.69) is 66.8 Å². The van der Waals surface area contributed by atoms with E-state index in [0.29, 0.717) is 13.1 Å². The molecule has 0 bridgehead atoms. The number of aliphatic hydroxyl groups is 1. The van der Waals surface area contributed by atoms with E-state index in [1.165, 1.54) is 12.2 Å². The molecule has 0 aromatic heterocycles. The van der Waals surface area contributed by atoms with Gasteiger partial charge in [-0.1, -0.05) is 25.3 Å². The van der Waals surface area contributed by atoms with Crippen molar-refractivity contribution in [1.82, 2.24) is 15.1 Å². The third-order valence-electron chi connectivity index (χ3n) is 5.45. The van der Waals surface area contributed by atoms with Gasteiger partial charge in [-0.15, -0.1) is 25.4 Å². The van der Waals surface area contributed by atoms with Gasteiger partial charge in [-0.3, -0.25) is 0 Å². The Hall–Kier alpha value is 4.55. The van der Waals surface area contributed by atoms with Crippen molar-refractivity contribution >= 4 is 0 Å². The van der Waals surface area contributed by atoms with Crippen molar-refractivity contribution in [3.8, 4) is 0 Å². The molecular formula is C27H48N4ORb3Rh-. The number of nitrogens with one attached hydrogen (secondary N) is 1. The van der Waals surface area contributed by atoms with Crippen molar-refractivity contribution in [3.05, 3.63) is 68.7 Å². The van der Waals surface area contributed by atoms with E-state index in [1.54, 1.807) is 0 Å². The van der Waals surface area contributed by atoms with Gasteiger partial charge in [0, 0.05) is 32.1 Å². The minimum atomic E-state index is 0. The molecule has 0 aromatic rings. The van der Waals surface area contributed by atoms with E-state index in [1.807, 2.05) is 13.0 Å². The Kier molecular flexibility index (Phi) is 52.4. The van der Waals surface area contributed by atoms with Crippen LogP contribution in [0.5, 0.6) is 0 Å². The fourth-order valence-electron chi connectivity index (χ4n) is 3.69. The molecular weight excluding hydrogens is 756 g/mol. The van der Waals surface area contributed by atoms with Gasteiger partial charge in [0.25, 0.3) is 0 Å². The summed E-state index contributed by atoms with van der Waals surface area (Å²) in [6, 6.07) is 0.194. The zero-order chi connectivity index (χ0) is 24.0. The van der Waals surface area contributed by atoms with E-state index < -0.39 is 0 Å². The van der Waals surface area contributed by atoms with Crippen LogP contribution in [0.3, 0.4) is 0 Å². The summed E-state index contributed by atoms with van der Waals surface area (Å²) in [5, 5.41) is 12.6. The van der Waals surface area contributed by atoms with Gasteiger partial charge < -0.3 is 38.8 Å². The molecule has 4 N–H and O–H groups in total. The molecule has 0 aromatic carbocycles. The summed E-state index contributed by atoms with van der Waals surface area (Å²) in [5.74, 6) is 0. The van der Waals surface area contributed by atoms with Crippen LogP contribution in [0.15, 0.2) is 42.8 Å². The Bertz CT molecular complexity index is 543. The second-order valence-electron chi connectivity index (χ2n) is 8.16. The van der Waals surface area contributed by atoms with E-state index >= 15 is 0 Å². The summed E-state index contributed by atoms with van der Waals surface area (Å²) in [4.78, 5) is 4.66. The van der Waals surface area contributed by atoms with Gasteiger partial charge in [0.2, 0.25) is 0 Å². The van der Waals surface area contributed by atoms with Crippen LogP contribution >= 0.6 is 0 Å². The van der Waals surface area contributed by atoms with Gasteiger partial charge in [-0.25, -0.2) is 25.7 Å². The molecule has 0 saturated carbocycles. The Morgan fingerprint density at radius 3 is 2.03 bits per heavy atom. The Morgan fingerprint density at radius 2 is 1.56 bits per heavy atom. The van der Waals surface area contributed by atoms with Gasteiger partial charge in [0.1, 0.15) is 0 Å². The zero-order valence-corrected chi connectivity index (χ0v) is 40.4. The second-order valence-corrected chi connectivity index (χ2v) is 8.16. The van der Waals surface area contributed by atoms with Crippen molar-refractivity contribution in [2.45, 2.75) is 58.4 Å². The van der Waals surface area contributed by atoms with Gasteiger partial charge in [0.15, 0.2) is 0 Å². The molecule has 0 aliphatic carbocycles. The molecule has 0 aliphatic heterocycles. The Morgan fingerprint density at radius 1 is 1.00 bits per heavy atom. The first-order valence-electron chi connectivity index (χ1n) is 12.0. The maximum Gasteiger partial charge on any atom is 1.00 e. The number of nitrogens with two attached hydrogens (primary N) is 1. The van der Waals surface area contributed by atoms with Crippen LogP contribution < -0.4 is 186 Å². The van der Waals surface area contributed by atoms with Gasteiger partial charge in [-0.2, -0.15) is 13.8 Å². The first-order chi connectivity index (χ1) is 15.6. The van der Waals surface area contributed by atoms with Crippen molar-refractivity contribution in [2.24, 2.45) is 5.73 Å². The van der Waals surface area contributed by atoms with E-state index in [4.69, 9.17) is 10.8 Å². The number of hydrogen-bond donors (Lipinski definition) is 3. The molecule has 195 valence electrons. The van der Waals surface area contributed by atoms with Crippen molar-refractivity contribution in [3.63, 3.8) is 0 Å². The SMILES string of the molecule is C=C=C(CN)NC(CCCCN(C[CH-]C)C[CH-]C=C)C(=C)CCCCN(C[CH-]C)C[CH-]O.[Rb+].[Rb+].[Rb+].[Rh]. The summed E-state index contributed by atoms with van der Waals surface area (Å²) in [6.45, 7) is 23.2. The standard InChI is InChI=1S/C27H48N4O.3Rb.Rh/c1-6-10-19-30(17-7-2)20-14-12-16-27(29-26(9-4)24-28)25(5)15-11-13-21-31(18-8-3)22-23-32;;;;/h6-8,10,23,27,29,32H,1,4-5,11-22,24,28H2,2-3H3;;;;/q-4;3*+1;. The average molecular weight is 804 g/mol. The normalized spacial score (nSPS) is 10.6. The first-order valence-corrected chi connectivity index (χ1v) is 12.0. The number of hydrogen-bond acceptors (Lipinski definition) is 5. The van der Waals surface area contributed by atoms with Crippen LogP contribution in [0, 0.1) is 25.9 Å². The molecule has 36 heavy (non-hydrogen) atoms. The third-order valence-corrected chi connectivity index (χ3v) is 5.45. The number of aliphatic hydroxyl groups excluding tert-OH is 1.